The number of carbonyl (C=O) groups is 3. The number of anilines is 2. The highest BCUT2D eigenvalue weighted by molar-refractivity contribution is 6.00. The number of amides is 2. The van der Waals surface area contributed by atoms with Crippen LogP contribution in [0, 0.1) is 24.2 Å². The molecule has 0 aliphatic carbocycles. The van der Waals surface area contributed by atoms with Crippen molar-refractivity contribution in [1.82, 2.24) is 0 Å². The van der Waals surface area contributed by atoms with Crippen molar-refractivity contribution < 1.29 is 19.1 Å². The van der Waals surface area contributed by atoms with Gasteiger partial charge in [0, 0.05) is 18.7 Å². The second kappa shape index (κ2) is 8.57. The van der Waals surface area contributed by atoms with E-state index in [4.69, 9.17) is 10.00 Å². The normalized spacial score (nSPS) is 16.8. The summed E-state index contributed by atoms with van der Waals surface area (Å²) in [6.45, 7) is 3.63. The topological polar surface area (TPSA) is 99.5 Å². The number of nitrogens with zero attached hydrogens (tertiary/aromatic N) is 2. The molecule has 0 aromatic heterocycles. The van der Waals surface area contributed by atoms with Gasteiger partial charge in [-0.2, -0.15) is 5.26 Å². The molecule has 1 fully saturated rings. The van der Waals surface area contributed by atoms with Gasteiger partial charge in [-0.25, -0.2) is 0 Å². The van der Waals surface area contributed by atoms with Gasteiger partial charge in [0.1, 0.15) is 6.07 Å². The molecule has 0 radical (unpaired) electrons. The first kappa shape index (κ1) is 20.1. The first-order valence-corrected chi connectivity index (χ1v) is 9.26. The number of para-hydroxylation sites is 1. The Morgan fingerprint density at radius 1 is 1.21 bits per heavy atom. The summed E-state index contributed by atoms with van der Waals surface area (Å²) >= 11 is 0. The number of esters is 1. The van der Waals surface area contributed by atoms with Crippen LogP contribution in [0.5, 0.6) is 0 Å². The van der Waals surface area contributed by atoms with Gasteiger partial charge in [-0.05, 0) is 38.1 Å². The Balaban J connectivity index is 1.59. The summed E-state index contributed by atoms with van der Waals surface area (Å²) in [5.41, 5.74) is 2.47. The monoisotopic (exact) mass is 391 g/mol. The first-order chi connectivity index (χ1) is 13.9. The van der Waals surface area contributed by atoms with Crippen LogP contribution in [0.1, 0.15) is 24.5 Å². The Morgan fingerprint density at radius 3 is 2.59 bits per heavy atom. The lowest BCUT2D eigenvalue weighted by atomic mass is 10.1. The fourth-order valence-electron chi connectivity index (χ4n) is 3.09. The van der Waals surface area contributed by atoms with Crippen LogP contribution in [-0.2, 0) is 19.1 Å². The second-order valence-corrected chi connectivity index (χ2v) is 6.97. The van der Waals surface area contributed by atoms with Gasteiger partial charge < -0.3 is 15.0 Å². The maximum atomic E-state index is 12.5. The lowest BCUT2D eigenvalue weighted by Crippen LogP contribution is -2.33. The predicted octanol–water partition coefficient (Wildman–Crippen LogP) is 2.79. The number of hydrogen-bond acceptors (Lipinski definition) is 5. The lowest BCUT2D eigenvalue weighted by molar-refractivity contribution is -0.157. The second-order valence-electron chi connectivity index (χ2n) is 6.97. The zero-order valence-corrected chi connectivity index (χ0v) is 16.2. The highest BCUT2D eigenvalue weighted by Gasteiger charge is 2.37. The Bertz CT molecular complexity index is 978. The third kappa shape index (κ3) is 4.61. The molecule has 1 aliphatic heterocycles. The number of benzene rings is 2. The van der Waals surface area contributed by atoms with E-state index in [1.165, 1.54) is 6.92 Å². The van der Waals surface area contributed by atoms with Crippen LogP contribution < -0.4 is 10.2 Å². The molecular weight excluding hydrogens is 370 g/mol. The Morgan fingerprint density at radius 2 is 1.90 bits per heavy atom. The van der Waals surface area contributed by atoms with E-state index in [9.17, 15) is 14.4 Å². The number of hydrogen-bond donors (Lipinski definition) is 1. The fraction of sp³-hybridized carbons (Fsp3) is 0.273. The first-order valence-electron chi connectivity index (χ1n) is 9.26. The highest BCUT2D eigenvalue weighted by atomic mass is 16.5. The van der Waals surface area contributed by atoms with Crippen molar-refractivity contribution in [1.29, 1.82) is 5.26 Å². The van der Waals surface area contributed by atoms with Gasteiger partial charge in [0.2, 0.25) is 5.91 Å². The van der Waals surface area contributed by atoms with Crippen molar-refractivity contribution in [3.63, 3.8) is 0 Å². The average molecular weight is 391 g/mol. The van der Waals surface area contributed by atoms with Gasteiger partial charge in [-0.1, -0.05) is 29.8 Å². The molecule has 2 atom stereocenters. The molecule has 7 nitrogen and oxygen atoms in total. The third-order valence-electron chi connectivity index (χ3n) is 4.77. The van der Waals surface area contributed by atoms with Crippen molar-refractivity contribution in [2.45, 2.75) is 26.4 Å². The standard InChI is InChI=1S/C22H21N3O4/c1-14-7-9-18(10-8-14)25-13-17(11-20(25)26)22(28)29-15(2)21(27)24-19-6-4-3-5-16(19)12-23/h3-10,15,17H,11,13H2,1-2H3,(H,24,27)/t15-,17+/m0/s1. The minimum atomic E-state index is -1.06. The Labute approximate surface area is 168 Å². The molecule has 0 bridgehead atoms. The zero-order chi connectivity index (χ0) is 21.0. The summed E-state index contributed by atoms with van der Waals surface area (Å²) in [5.74, 6) is -1.92. The number of ether oxygens (including phenoxy) is 1. The van der Waals surface area contributed by atoms with E-state index in [1.807, 2.05) is 37.3 Å². The molecule has 148 valence electrons. The molecule has 2 aromatic rings. The van der Waals surface area contributed by atoms with Crippen LogP contribution in [0.2, 0.25) is 0 Å². The van der Waals surface area contributed by atoms with E-state index >= 15 is 0 Å². The number of carbonyl (C=O) groups excluding carboxylic acids is 3. The summed E-state index contributed by atoms with van der Waals surface area (Å²) in [7, 11) is 0. The molecule has 2 amide bonds. The van der Waals surface area contributed by atoms with Crippen LogP contribution in [0.4, 0.5) is 11.4 Å². The quantitative estimate of drug-likeness (QED) is 0.790. The summed E-state index contributed by atoms with van der Waals surface area (Å²) < 4.78 is 5.28. The SMILES string of the molecule is Cc1ccc(N2C[C@H](C(=O)O[C@@H](C)C(=O)Nc3ccccc3C#N)CC2=O)cc1. The zero-order valence-electron chi connectivity index (χ0n) is 16.2. The molecule has 0 saturated carbocycles. The molecule has 1 saturated heterocycles. The fourth-order valence-corrected chi connectivity index (χ4v) is 3.09. The molecule has 1 N–H and O–H groups in total. The van der Waals surface area contributed by atoms with E-state index in [-0.39, 0.29) is 18.9 Å². The smallest absolute Gasteiger partial charge is 0.312 e. The molecule has 0 spiro atoms. The minimum absolute atomic E-state index is 0.0400. The Hall–Kier alpha value is -3.66. The maximum Gasteiger partial charge on any atom is 0.312 e. The molecular formula is C22H21N3O4. The largest absolute Gasteiger partial charge is 0.452 e. The van der Waals surface area contributed by atoms with Crippen molar-refractivity contribution in [3.05, 3.63) is 59.7 Å². The van der Waals surface area contributed by atoms with E-state index in [1.54, 1.807) is 29.2 Å². The van der Waals surface area contributed by atoms with Crippen LogP contribution >= 0.6 is 0 Å². The minimum Gasteiger partial charge on any atom is -0.452 e. The number of nitrogens with one attached hydrogen (secondary N) is 1. The van der Waals surface area contributed by atoms with Crippen LogP contribution in [0.3, 0.4) is 0 Å². The molecule has 3 rings (SSSR count). The van der Waals surface area contributed by atoms with E-state index in [0.717, 1.165) is 11.3 Å². The van der Waals surface area contributed by atoms with E-state index in [2.05, 4.69) is 5.32 Å². The molecule has 29 heavy (non-hydrogen) atoms. The van der Waals surface area contributed by atoms with Gasteiger partial charge >= 0.3 is 5.97 Å². The number of rotatable bonds is 5. The van der Waals surface area contributed by atoms with Crippen LogP contribution in [0.25, 0.3) is 0 Å². The summed E-state index contributed by atoms with van der Waals surface area (Å²) in [6.07, 6.45) is -1.02. The van der Waals surface area contributed by atoms with Crippen molar-refractivity contribution >= 4 is 29.2 Å². The number of nitriles is 1. The third-order valence-corrected chi connectivity index (χ3v) is 4.77. The van der Waals surface area contributed by atoms with E-state index in [0.29, 0.717) is 11.3 Å². The predicted molar refractivity (Wildman–Crippen MR) is 107 cm³/mol. The summed E-state index contributed by atoms with van der Waals surface area (Å²) in [4.78, 5) is 38.7. The van der Waals surface area contributed by atoms with Crippen molar-refractivity contribution in [2.75, 3.05) is 16.8 Å². The molecule has 0 unspecified atom stereocenters. The van der Waals surface area contributed by atoms with Crippen LogP contribution in [0.15, 0.2) is 48.5 Å². The van der Waals surface area contributed by atoms with Gasteiger partial charge in [-0.3, -0.25) is 14.4 Å². The van der Waals surface area contributed by atoms with Crippen molar-refractivity contribution in [2.24, 2.45) is 5.92 Å². The van der Waals surface area contributed by atoms with E-state index < -0.39 is 23.9 Å². The Kier molecular flexibility index (Phi) is 5.93. The molecule has 1 aliphatic rings. The van der Waals surface area contributed by atoms with Crippen LogP contribution in [-0.4, -0.2) is 30.4 Å². The number of aryl methyl sites for hydroxylation is 1. The molecule has 1 heterocycles. The average Bonchev–Trinajstić information content (AvgIpc) is 3.10. The summed E-state index contributed by atoms with van der Waals surface area (Å²) in [5, 5.41) is 11.7. The molecule has 2 aromatic carbocycles. The maximum absolute atomic E-state index is 12.5. The van der Waals surface area contributed by atoms with Gasteiger partial charge in [0.05, 0.1) is 17.2 Å². The summed E-state index contributed by atoms with van der Waals surface area (Å²) in [6, 6.07) is 16.0. The highest BCUT2D eigenvalue weighted by Crippen LogP contribution is 2.26. The van der Waals surface area contributed by atoms with Gasteiger partial charge in [0.15, 0.2) is 6.10 Å². The molecule has 7 heteroatoms. The van der Waals surface area contributed by atoms with Gasteiger partial charge in [-0.15, -0.1) is 0 Å². The van der Waals surface area contributed by atoms with Crippen molar-refractivity contribution in [3.8, 4) is 6.07 Å². The van der Waals surface area contributed by atoms with Gasteiger partial charge in [0.25, 0.3) is 5.91 Å². The lowest BCUT2D eigenvalue weighted by Gasteiger charge is -2.18.